The predicted molar refractivity (Wildman–Crippen MR) is 105 cm³/mol. The van der Waals surface area contributed by atoms with Crippen molar-refractivity contribution in [1.82, 2.24) is 20.1 Å². The molecular weight excluding hydrogens is 368 g/mol. The number of nitrogens with one attached hydrogen (secondary N) is 1. The van der Waals surface area contributed by atoms with Gasteiger partial charge in [-0.15, -0.1) is 21.5 Å². The molecule has 3 rings (SSSR count). The summed E-state index contributed by atoms with van der Waals surface area (Å²) in [5.74, 6) is 1.95. The Hall–Kier alpha value is -2.32. The summed E-state index contributed by atoms with van der Waals surface area (Å²) < 4.78 is 7.24. The molecule has 1 N–H and O–H groups in total. The van der Waals surface area contributed by atoms with E-state index in [9.17, 15) is 4.79 Å². The van der Waals surface area contributed by atoms with E-state index in [0.29, 0.717) is 12.3 Å². The second kappa shape index (κ2) is 8.86. The maximum atomic E-state index is 12.1. The van der Waals surface area contributed by atoms with Crippen molar-refractivity contribution >= 4 is 29.0 Å². The summed E-state index contributed by atoms with van der Waals surface area (Å²) in [6.07, 6.45) is 0.729. The van der Waals surface area contributed by atoms with Crippen LogP contribution in [0.5, 0.6) is 5.75 Å². The Morgan fingerprint density at radius 1 is 1.27 bits per heavy atom. The molecule has 0 aliphatic rings. The van der Waals surface area contributed by atoms with E-state index < -0.39 is 0 Å². The molecule has 0 bridgehead atoms. The fraction of sp³-hybridized carbons (Fsp3) is 0.278. The van der Waals surface area contributed by atoms with Gasteiger partial charge in [-0.3, -0.25) is 4.79 Å². The number of thiophene rings is 1. The molecule has 0 unspecified atom stereocenters. The summed E-state index contributed by atoms with van der Waals surface area (Å²) in [5, 5.41) is 14.1. The average Bonchev–Trinajstić information content (AvgIpc) is 3.30. The molecule has 1 aromatic carbocycles. The second-order valence-electron chi connectivity index (χ2n) is 5.54. The van der Waals surface area contributed by atoms with Crippen molar-refractivity contribution in [2.75, 3.05) is 19.4 Å². The molecule has 6 nitrogen and oxygen atoms in total. The fourth-order valence-corrected chi connectivity index (χ4v) is 3.97. The summed E-state index contributed by atoms with van der Waals surface area (Å²) in [4.78, 5) is 13.2. The number of nitrogens with zero attached hydrogens (tertiary/aromatic N) is 3. The van der Waals surface area contributed by atoms with E-state index in [4.69, 9.17) is 4.74 Å². The normalized spacial score (nSPS) is 10.7. The van der Waals surface area contributed by atoms with E-state index in [1.54, 1.807) is 18.4 Å². The van der Waals surface area contributed by atoms with Crippen LogP contribution in [0.2, 0.25) is 0 Å². The van der Waals surface area contributed by atoms with Crippen LogP contribution < -0.4 is 10.1 Å². The number of methoxy groups -OCH3 is 1. The fourth-order valence-electron chi connectivity index (χ4n) is 2.49. The number of ether oxygens (including phenoxy) is 1. The maximum Gasteiger partial charge on any atom is 0.230 e. The molecule has 0 aliphatic carbocycles. The number of aromatic nitrogens is 3. The zero-order valence-electron chi connectivity index (χ0n) is 14.6. The number of carbonyl (C=O) groups excluding carboxylic acids is 1. The lowest BCUT2D eigenvalue weighted by molar-refractivity contribution is -0.118. The zero-order valence-corrected chi connectivity index (χ0v) is 16.3. The van der Waals surface area contributed by atoms with E-state index >= 15 is 0 Å². The third-order valence-corrected chi connectivity index (χ3v) is 5.70. The lowest BCUT2D eigenvalue weighted by Crippen LogP contribution is -2.27. The minimum Gasteiger partial charge on any atom is -0.496 e. The van der Waals surface area contributed by atoms with Crippen LogP contribution in [0.25, 0.3) is 10.7 Å². The SMILES string of the molecule is COc1ccccc1CCNC(=O)CSc1nnc(-c2cccs2)n1C. The lowest BCUT2D eigenvalue weighted by atomic mass is 10.1. The van der Waals surface area contributed by atoms with Gasteiger partial charge in [0.25, 0.3) is 0 Å². The molecule has 0 aliphatic heterocycles. The Labute approximate surface area is 160 Å². The highest BCUT2D eigenvalue weighted by Gasteiger charge is 2.13. The molecule has 1 amide bonds. The Balaban J connectivity index is 1.47. The minimum absolute atomic E-state index is 0.0226. The third-order valence-electron chi connectivity index (χ3n) is 3.82. The summed E-state index contributed by atoms with van der Waals surface area (Å²) >= 11 is 3.00. The number of carbonyl (C=O) groups is 1. The highest BCUT2D eigenvalue weighted by molar-refractivity contribution is 7.99. The molecular formula is C18H20N4O2S2. The van der Waals surface area contributed by atoms with Gasteiger partial charge in [0.15, 0.2) is 11.0 Å². The smallest absolute Gasteiger partial charge is 0.230 e. The zero-order chi connectivity index (χ0) is 18.4. The molecule has 2 heterocycles. The Morgan fingerprint density at radius 2 is 2.12 bits per heavy atom. The lowest BCUT2D eigenvalue weighted by Gasteiger charge is -2.09. The number of hydrogen-bond acceptors (Lipinski definition) is 6. The first kappa shape index (κ1) is 18.5. The van der Waals surface area contributed by atoms with Gasteiger partial charge >= 0.3 is 0 Å². The maximum absolute atomic E-state index is 12.1. The summed E-state index contributed by atoms with van der Waals surface area (Å²) in [6, 6.07) is 11.8. The van der Waals surface area contributed by atoms with Gasteiger partial charge in [-0.05, 0) is 29.5 Å². The third kappa shape index (κ3) is 4.44. The molecule has 0 atom stereocenters. The Morgan fingerprint density at radius 3 is 2.88 bits per heavy atom. The highest BCUT2D eigenvalue weighted by Crippen LogP contribution is 2.25. The van der Waals surface area contributed by atoms with Crippen LogP contribution in [0.1, 0.15) is 5.56 Å². The minimum atomic E-state index is -0.0226. The second-order valence-corrected chi connectivity index (χ2v) is 7.43. The number of thioether (sulfide) groups is 1. The van der Waals surface area contributed by atoms with Crippen LogP contribution in [-0.2, 0) is 18.3 Å². The van der Waals surface area contributed by atoms with E-state index in [0.717, 1.165) is 33.6 Å². The van der Waals surface area contributed by atoms with Crippen molar-refractivity contribution in [2.24, 2.45) is 7.05 Å². The van der Waals surface area contributed by atoms with Crippen LogP contribution in [0.15, 0.2) is 46.9 Å². The van der Waals surface area contributed by atoms with Crippen LogP contribution in [0, 0.1) is 0 Å². The van der Waals surface area contributed by atoms with Crippen LogP contribution in [0.4, 0.5) is 0 Å². The average molecular weight is 389 g/mol. The number of benzene rings is 1. The Bertz CT molecular complexity index is 862. The first-order valence-corrected chi connectivity index (χ1v) is 10.00. The molecule has 0 fully saturated rings. The van der Waals surface area contributed by atoms with E-state index in [1.807, 2.05) is 53.4 Å². The number of para-hydroxylation sites is 1. The van der Waals surface area contributed by atoms with Gasteiger partial charge < -0.3 is 14.6 Å². The van der Waals surface area contributed by atoms with Crippen molar-refractivity contribution in [3.63, 3.8) is 0 Å². The quantitative estimate of drug-likeness (QED) is 0.601. The van der Waals surface area contributed by atoms with Crippen LogP contribution >= 0.6 is 23.1 Å². The van der Waals surface area contributed by atoms with Gasteiger partial charge in [0.1, 0.15) is 5.75 Å². The van der Waals surface area contributed by atoms with Crippen LogP contribution in [-0.4, -0.2) is 40.1 Å². The molecule has 8 heteroatoms. The van der Waals surface area contributed by atoms with Crippen molar-refractivity contribution in [3.05, 3.63) is 47.3 Å². The summed E-state index contributed by atoms with van der Waals surface area (Å²) in [5.41, 5.74) is 1.08. The van der Waals surface area contributed by atoms with E-state index in [-0.39, 0.29) is 5.91 Å². The largest absolute Gasteiger partial charge is 0.496 e. The monoisotopic (exact) mass is 388 g/mol. The topological polar surface area (TPSA) is 69.0 Å². The van der Waals surface area contributed by atoms with Gasteiger partial charge in [-0.1, -0.05) is 36.0 Å². The van der Waals surface area contributed by atoms with Crippen molar-refractivity contribution in [3.8, 4) is 16.5 Å². The highest BCUT2D eigenvalue weighted by atomic mass is 32.2. The molecule has 2 aromatic heterocycles. The molecule has 3 aromatic rings. The first-order valence-electron chi connectivity index (χ1n) is 8.13. The molecule has 0 saturated carbocycles. The molecule has 0 spiro atoms. The standard InChI is InChI=1S/C18H20N4O2S2/c1-22-17(15-8-5-11-25-15)20-21-18(22)26-12-16(23)19-10-9-13-6-3-4-7-14(13)24-2/h3-8,11H,9-10,12H2,1-2H3,(H,19,23). The molecule has 136 valence electrons. The summed E-state index contributed by atoms with van der Waals surface area (Å²) in [7, 11) is 3.57. The van der Waals surface area contributed by atoms with Crippen molar-refractivity contribution in [1.29, 1.82) is 0 Å². The van der Waals surface area contributed by atoms with Crippen molar-refractivity contribution in [2.45, 2.75) is 11.6 Å². The number of hydrogen-bond donors (Lipinski definition) is 1. The van der Waals surface area contributed by atoms with E-state index in [1.165, 1.54) is 11.8 Å². The molecule has 26 heavy (non-hydrogen) atoms. The number of rotatable bonds is 8. The van der Waals surface area contributed by atoms with Gasteiger partial charge in [-0.25, -0.2) is 0 Å². The van der Waals surface area contributed by atoms with Gasteiger partial charge in [0, 0.05) is 13.6 Å². The predicted octanol–water partition coefficient (Wildman–Crippen LogP) is 3.00. The summed E-state index contributed by atoms with van der Waals surface area (Å²) in [6.45, 7) is 0.568. The van der Waals surface area contributed by atoms with Crippen LogP contribution in [0.3, 0.4) is 0 Å². The Kier molecular flexibility index (Phi) is 6.30. The van der Waals surface area contributed by atoms with E-state index in [2.05, 4.69) is 15.5 Å². The van der Waals surface area contributed by atoms with Gasteiger partial charge in [0.05, 0.1) is 17.7 Å². The molecule has 0 radical (unpaired) electrons. The number of amides is 1. The van der Waals surface area contributed by atoms with Gasteiger partial charge in [0.2, 0.25) is 5.91 Å². The molecule has 0 saturated heterocycles. The first-order chi connectivity index (χ1) is 12.7. The van der Waals surface area contributed by atoms with Crippen molar-refractivity contribution < 1.29 is 9.53 Å². The van der Waals surface area contributed by atoms with Gasteiger partial charge in [-0.2, -0.15) is 0 Å².